The van der Waals surface area contributed by atoms with Crippen LogP contribution in [0.15, 0.2) is 23.4 Å². The number of H-pyrrole nitrogens is 1. The number of carbonyl (C=O) groups is 2. The Kier molecular flexibility index (Phi) is 8.85. The lowest BCUT2D eigenvalue weighted by molar-refractivity contribution is -0.119. The smallest absolute Gasteiger partial charge is 0.253 e. The second-order valence-corrected chi connectivity index (χ2v) is 10.3. The van der Waals surface area contributed by atoms with Gasteiger partial charge in [-0.25, -0.2) is 4.98 Å². The highest BCUT2D eigenvalue weighted by Crippen LogP contribution is 2.26. The van der Waals surface area contributed by atoms with Crippen molar-refractivity contribution < 1.29 is 9.59 Å². The monoisotopic (exact) mass is 497 g/mol. The normalized spacial score (nSPS) is 19.6. The Morgan fingerprint density at radius 2 is 2.00 bits per heavy atom. The van der Waals surface area contributed by atoms with Crippen molar-refractivity contribution in [1.29, 1.82) is 0 Å². The molecular formula is C22H29Cl2N5O2S. The number of rotatable bonds is 8. The van der Waals surface area contributed by atoms with Crippen molar-refractivity contribution in [3.8, 4) is 0 Å². The van der Waals surface area contributed by atoms with Gasteiger partial charge in [0.05, 0.1) is 22.4 Å². The molecule has 1 aliphatic carbocycles. The van der Waals surface area contributed by atoms with Crippen LogP contribution in [-0.4, -0.2) is 38.8 Å². The molecule has 1 aliphatic rings. The van der Waals surface area contributed by atoms with E-state index in [0.717, 1.165) is 19.3 Å². The van der Waals surface area contributed by atoms with Crippen LogP contribution in [0.2, 0.25) is 10.0 Å². The number of amides is 2. The Labute approximate surface area is 202 Å². The number of benzene rings is 1. The fraction of sp³-hybridized carbons (Fsp3) is 0.545. The Balaban J connectivity index is 1.58. The van der Waals surface area contributed by atoms with Gasteiger partial charge in [0, 0.05) is 11.1 Å². The van der Waals surface area contributed by atoms with E-state index in [2.05, 4.69) is 32.7 Å². The summed E-state index contributed by atoms with van der Waals surface area (Å²) < 4.78 is 0. The molecule has 0 radical (unpaired) electrons. The summed E-state index contributed by atoms with van der Waals surface area (Å²) in [6.07, 6.45) is 4.60. The molecular weight excluding hydrogens is 469 g/mol. The van der Waals surface area contributed by atoms with Gasteiger partial charge >= 0.3 is 0 Å². The highest BCUT2D eigenvalue weighted by atomic mass is 35.5. The Morgan fingerprint density at radius 3 is 2.69 bits per heavy atom. The SMILES string of the molecule is CC(C)[C@H](NC(=O)c1ccc(Cl)cc1Cl)c1nc(SCC(=O)N[C@H]2CCCC[C@H]2C)n[nH]1. The van der Waals surface area contributed by atoms with E-state index in [4.69, 9.17) is 23.2 Å². The first-order valence-corrected chi connectivity index (χ1v) is 12.6. The van der Waals surface area contributed by atoms with Crippen LogP contribution >= 0.6 is 35.0 Å². The Bertz CT molecular complexity index is 952. The summed E-state index contributed by atoms with van der Waals surface area (Å²) in [5.74, 6) is 1.01. The van der Waals surface area contributed by atoms with Crippen molar-refractivity contribution in [1.82, 2.24) is 25.8 Å². The molecule has 1 fully saturated rings. The van der Waals surface area contributed by atoms with Crippen LogP contribution in [0.4, 0.5) is 0 Å². The molecule has 0 unspecified atom stereocenters. The van der Waals surface area contributed by atoms with Gasteiger partial charge in [0.1, 0.15) is 5.82 Å². The third-order valence-corrected chi connectivity index (χ3v) is 7.09. The maximum Gasteiger partial charge on any atom is 0.253 e. The van der Waals surface area contributed by atoms with Gasteiger partial charge in [-0.05, 0) is 42.9 Å². The molecule has 0 saturated heterocycles. The minimum Gasteiger partial charge on any atom is -0.352 e. The first kappa shape index (κ1) is 24.9. The zero-order chi connectivity index (χ0) is 23.3. The average molecular weight is 498 g/mol. The predicted molar refractivity (Wildman–Crippen MR) is 128 cm³/mol. The molecule has 7 nitrogen and oxygen atoms in total. The lowest BCUT2D eigenvalue weighted by Gasteiger charge is -2.29. The number of carbonyl (C=O) groups excluding carboxylic acids is 2. The summed E-state index contributed by atoms with van der Waals surface area (Å²) in [5, 5.41) is 14.4. The first-order chi connectivity index (χ1) is 15.2. The van der Waals surface area contributed by atoms with Crippen LogP contribution in [-0.2, 0) is 4.79 Å². The van der Waals surface area contributed by atoms with E-state index in [1.807, 2.05) is 13.8 Å². The van der Waals surface area contributed by atoms with E-state index >= 15 is 0 Å². The van der Waals surface area contributed by atoms with Gasteiger partial charge in [-0.15, -0.1) is 5.10 Å². The van der Waals surface area contributed by atoms with Gasteiger partial charge in [0.15, 0.2) is 0 Å². The number of nitrogens with zero attached hydrogens (tertiary/aromatic N) is 2. The van der Waals surface area contributed by atoms with E-state index in [1.54, 1.807) is 12.1 Å². The fourth-order valence-corrected chi connectivity index (χ4v) is 4.93. The molecule has 0 bridgehead atoms. The molecule has 3 N–H and O–H groups in total. The minimum atomic E-state index is -0.395. The molecule has 1 aromatic heterocycles. The largest absolute Gasteiger partial charge is 0.352 e. The molecule has 3 atom stereocenters. The maximum absolute atomic E-state index is 12.7. The standard InChI is InChI=1S/C22H29Cl2N5O2S/c1-12(2)19(26-21(31)15-9-8-14(23)10-16(15)24)20-27-22(29-28-20)32-11-18(30)25-17-7-5-4-6-13(17)3/h8-10,12-13,17,19H,4-7,11H2,1-3H3,(H,25,30)(H,26,31)(H,27,28,29)/t13-,17+,19+/m1/s1. The van der Waals surface area contributed by atoms with Gasteiger partial charge in [-0.2, -0.15) is 0 Å². The van der Waals surface area contributed by atoms with Crippen LogP contribution in [0.3, 0.4) is 0 Å². The minimum absolute atomic E-state index is 0.00815. The lowest BCUT2D eigenvalue weighted by atomic mass is 9.86. The number of hydrogen-bond donors (Lipinski definition) is 3. The first-order valence-electron chi connectivity index (χ1n) is 10.8. The highest BCUT2D eigenvalue weighted by molar-refractivity contribution is 7.99. The third-order valence-electron chi connectivity index (χ3n) is 5.70. The van der Waals surface area contributed by atoms with Gasteiger partial charge in [-0.1, -0.05) is 68.6 Å². The molecule has 10 heteroatoms. The van der Waals surface area contributed by atoms with Crippen molar-refractivity contribution in [2.75, 3.05) is 5.75 Å². The number of thioether (sulfide) groups is 1. The predicted octanol–water partition coefficient (Wildman–Crippen LogP) is 5.03. The lowest BCUT2D eigenvalue weighted by Crippen LogP contribution is -2.41. The van der Waals surface area contributed by atoms with Crippen LogP contribution < -0.4 is 10.6 Å². The summed E-state index contributed by atoms with van der Waals surface area (Å²) in [5.41, 5.74) is 0.337. The van der Waals surface area contributed by atoms with Gasteiger partial charge < -0.3 is 10.6 Å². The van der Waals surface area contributed by atoms with Gasteiger partial charge in [-0.3, -0.25) is 14.7 Å². The number of aromatic amines is 1. The molecule has 1 saturated carbocycles. The van der Waals surface area contributed by atoms with E-state index in [9.17, 15) is 9.59 Å². The van der Waals surface area contributed by atoms with Gasteiger partial charge in [0.2, 0.25) is 11.1 Å². The number of aromatic nitrogens is 3. The number of halogens is 2. The second-order valence-electron chi connectivity index (χ2n) is 8.55. The number of nitrogens with one attached hydrogen (secondary N) is 3. The molecule has 1 heterocycles. The Hall–Kier alpha value is -1.77. The Morgan fingerprint density at radius 1 is 1.25 bits per heavy atom. The van der Waals surface area contributed by atoms with Crippen LogP contribution in [0.1, 0.15) is 68.7 Å². The molecule has 3 rings (SSSR count). The van der Waals surface area contributed by atoms with E-state index in [1.165, 1.54) is 24.2 Å². The molecule has 0 aliphatic heterocycles. The highest BCUT2D eigenvalue weighted by Gasteiger charge is 2.25. The van der Waals surface area contributed by atoms with E-state index in [-0.39, 0.29) is 34.5 Å². The van der Waals surface area contributed by atoms with Crippen molar-refractivity contribution in [2.45, 2.75) is 63.7 Å². The average Bonchev–Trinajstić information content (AvgIpc) is 3.20. The summed E-state index contributed by atoms with van der Waals surface area (Å²) in [6, 6.07) is 4.60. The zero-order valence-electron chi connectivity index (χ0n) is 18.5. The van der Waals surface area contributed by atoms with Crippen molar-refractivity contribution >= 4 is 46.8 Å². The van der Waals surface area contributed by atoms with E-state index in [0.29, 0.717) is 27.5 Å². The number of hydrogen-bond acceptors (Lipinski definition) is 5. The molecule has 174 valence electrons. The van der Waals surface area contributed by atoms with Crippen molar-refractivity contribution in [2.24, 2.45) is 11.8 Å². The van der Waals surface area contributed by atoms with Crippen molar-refractivity contribution in [3.05, 3.63) is 39.6 Å². The molecule has 2 aromatic rings. The van der Waals surface area contributed by atoms with Crippen molar-refractivity contribution in [3.63, 3.8) is 0 Å². The molecule has 2 amide bonds. The van der Waals surface area contributed by atoms with Gasteiger partial charge in [0.25, 0.3) is 5.91 Å². The summed E-state index contributed by atoms with van der Waals surface area (Å²) in [6.45, 7) is 6.14. The quantitative estimate of drug-likeness (QED) is 0.444. The molecule has 0 spiro atoms. The molecule has 32 heavy (non-hydrogen) atoms. The van der Waals surface area contributed by atoms with E-state index < -0.39 is 6.04 Å². The summed E-state index contributed by atoms with van der Waals surface area (Å²) in [4.78, 5) is 29.6. The third kappa shape index (κ3) is 6.62. The zero-order valence-corrected chi connectivity index (χ0v) is 20.8. The topological polar surface area (TPSA) is 99.8 Å². The maximum atomic E-state index is 12.7. The second kappa shape index (κ2) is 11.4. The van der Waals surface area contributed by atoms with Crippen LogP contribution in [0.25, 0.3) is 0 Å². The molecule has 1 aromatic carbocycles. The summed E-state index contributed by atoms with van der Waals surface area (Å²) in [7, 11) is 0. The fourth-order valence-electron chi connectivity index (χ4n) is 3.81. The van der Waals surface area contributed by atoms with Crippen LogP contribution in [0, 0.1) is 11.8 Å². The summed E-state index contributed by atoms with van der Waals surface area (Å²) >= 11 is 13.4. The van der Waals surface area contributed by atoms with Crippen LogP contribution in [0.5, 0.6) is 0 Å².